The smallest absolute Gasteiger partial charge is 0.253 e. The van der Waals surface area contributed by atoms with E-state index in [0.29, 0.717) is 16.1 Å². The van der Waals surface area contributed by atoms with Gasteiger partial charge in [0.05, 0.1) is 10.8 Å². The molecule has 3 rings (SSSR count). The number of aryl methyl sites for hydroxylation is 1. The van der Waals surface area contributed by atoms with Crippen LogP contribution in [0.4, 0.5) is 0 Å². The number of halogens is 3. The zero-order valence-corrected chi connectivity index (χ0v) is 19.1. The molecule has 1 amide bonds. The van der Waals surface area contributed by atoms with Gasteiger partial charge >= 0.3 is 0 Å². The highest BCUT2D eigenvalue weighted by molar-refractivity contribution is 7.89. The molecule has 0 saturated carbocycles. The number of carbonyl (C=O) groups is 1. The van der Waals surface area contributed by atoms with Crippen molar-refractivity contribution in [1.29, 1.82) is 0 Å². The fourth-order valence-electron chi connectivity index (χ4n) is 3.03. The van der Waals surface area contributed by atoms with Crippen LogP contribution in [0.1, 0.15) is 22.6 Å². The van der Waals surface area contributed by atoms with Gasteiger partial charge in [-0.3, -0.25) is 9.48 Å². The minimum Gasteiger partial charge on any atom is -0.471 e. The number of ether oxygens (including phenoxy) is 1. The van der Waals surface area contributed by atoms with Gasteiger partial charge in [-0.05, 0) is 23.3 Å². The van der Waals surface area contributed by atoms with Gasteiger partial charge in [0.1, 0.15) is 16.8 Å². The second-order valence-electron chi connectivity index (χ2n) is 6.59. The number of nitrogens with two attached hydrogens (primary N) is 2. The Morgan fingerprint density at radius 3 is 2.42 bits per heavy atom. The first-order valence-corrected chi connectivity index (χ1v) is 11.4. The number of carbonyl (C=O) groups excluding carboxylic acids is 1. The molecule has 3 aromatic rings. The number of benzene rings is 2. The van der Waals surface area contributed by atoms with E-state index in [9.17, 15) is 13.2 Å². The third kappa shape index (κ3) is 4.97. The molecule has 0 radical (unpaired) electrons. The molecule has 1 atom stereocenters. The van der Waals surface area contributed by atoms with E-state index in [1.807, 2.05) is 0 Å². The van der Waals surface area contributed by atoms with Crippen molar-refractivity contribution in [3.8, 4) is 5.88 Å². The highest BCUT2D eigenvalue weighted by atomic mass is 35.5. The standard InChI is InChI=1S/C19H17Cl3N4O4S/c1-26-17(22)16(21)19(25-26)30-9-11-7-6-10(8-14(11)31(24,28)29)15(18(23)27)12-4-2-3-5-13(12)20/h2-8,15H,9H2,1H3,(H2,23,27)(H2,24,28,29). The molecule has 1 heterocycles. The van der Waals surface area contributed by atoms with E-state index in [1.54, 1.807) is 37.4 Å². The maximum Gasteiger partial charge on any atom is 0.253 e. The number of hydrogen-bond acceptors (Lipinski definition) is 5. The minimum atomic E-state index is -4.17. The van der Waals surface area contributed by atoms with Crippen LogP contribution in [-0.2, 0) is 28.5 Å². The lowest BCUT2D eigenvalue weighted by Crippen LogP contribution is -2.24. The zero-order chi connectivity index (χ0) is 22.9. The van der Waals surface area contributed by atoms with E-state index >= 15 is 0 Å². The first-order chi connectivity index (χ1) is 14.5. The molecule has 0 aliphatic rings. The molecule has 164 valence electrons. The van der Waals surface area contributed by atoms with Crippen molar-refractivity contribution in [1.82, 2.24) is 9.78 Å². The number of primary amides is 1. The van der Waals surface area contributed by atoms with Crippen molar-refractivity contribution < 1.29 is 17.9 Å². The van der Waals surface area contributed by atoms with Gasteiger partial charge in [-0.2, -0.15) is 0 Å². The van der Waals surface area contributed by atoms with Crippen molar-refractivity contribution in [2.24, 2.45) is 17.9 Å². The molecular formula is C19H17Cl3N4O4S. The molecule has 1 aromatic heterocycles. The SMILES string of the molecule is Cn1nc(OCc2ccc(C(C(N)=O)c3ccccc3Cl)cc2S(N)(=O)=O)c(Cl)c1Cl. The molecule has 31 heavy (non-hydrogen) atoms. The number of primary sulfonamides is 1. The van der Waals surface area contributed by atoms with Crippen LogP contribution in [0.15, 0.2) is 47.4 Å². The molecule has 0 bridgehead atoms. The van der Waals surface area contributed by atoms with Crippen LogP contribution >= 0.6 is 34.8 Å². The summed E-state index contributed by atoms with van der Waals surface area (Å²) < 4.78 is 31.3. The highest BCUT2D eigenvalue weighted by Crippen LogP contribution is 2.34. The van der Waals surface area contributed by atoms with Gasteiger partial charge in [-0.25, -0.2) is 13.6 Å². The molecule has 0 spiro atoms. The largest absolute Gasteiger partial charge is 0.471 e. The molecule has 0 saturated heterocycles. The topological polar surface area (TPSA) is 130 Å². The Morgan fingerprint density at radius 1 is 1.19 bits per heavy atom. The minimum absolute atomic E-state index is 0.0321. The fourth-order valence-corrected chi connectivity index (χ4v) is 4.40. The van der Waals surface area contributed by atoms with Gasteiger partial charge in [0, 0.05) is 17.6 Å². The van der Waals surface area contributed by atoms with Crippen LogP contribution in [0.3, 0.4) is 0 Å². The van der Waals surface area contributed by atoms with E-state index in [0.717, 1.165) is 0 Å². The Balaban J connectivity index is 2.03. The average molecular weight is 504 g/mol. The number of nitrogens with zero attached hydrogens (tertiary/aromatic N) is 2. The van der Waals surface area contributed by atoms with Crippen LogP contribution in [0, 0.1) is 0 Å². The number of amides is 1. The van der Waals surface area contributed by atoms with E-state index < -0.39 is 21.8 Å². The number of hydrogen-bond donors (Lipinski definition) is 2. The summed E-state index contributed by atoms with van der Waals surface area (Å²) in [4.78, 5) is 12.0. The van der Waals surface area contributed by atoms with Crippen LogP contribution < -0.4 is 15.6 Å². The Bertz CT molecular complexity index is 1260. The van der Waals surface area contributed by atoms with Crippen molar-refractivity contribution >= 4 is 50.7 Å². The Morgan fingerprint density at radius 2 is 1.87 bits per heavy atom. The number of aromatic nitrogens is 2. The van der Waals surface area contributed by atoms with Gasteiger partial charge in [0.2, 0.25) is 15.9 Å². The van der Waals surface area contributed by atoms with Gasteiger partial charge in [-0.15, -0.1) is 5.10 Å². The molecule has 2 aromatic carbocycles. The van der Waals surface area contributed by atoms with Crippen LogP contribution in [0.5, 0.6) is 5.88 Å². The summed E-state index contributed by atoms with van der Waals surface area (Å²) in [7, 11) is -2.60. The van der Waals surface area contributed by atoms with Crippen molar-refractivity contribution in [3.63, 3.8) is 0 Å². The quantitative estimate of drug-likeness (QED) is 0.511. The summed E-state index contributed by atoms with van der Waals surface area (Å²) in [6, 6.07) is 10.9. The summed E-state index contributed by atoms with van der Waals surface area (Å²) in [6.45, 7) is -0.216. The molecule has 1 unspecified atom stereocenters. The molecule has 4 N–H and O–H groups in total. The molecule has 12 heteroatoms. The summed E-state index contributed by atoms with van der Waals surface area (Å²) in [5.41, 5.74) is 6.58. The van der Waals surface area contributed by atoms with Gasteiger partial charge < -0.3 is 10.5 Å². The Hall–Kier alpha value is -2.30. The van der Waals surface area contributed by atoms with Crippen LogP contribution in [0.25, 0.3) is 0 Å². The monoisotopic (exact) mass is 502 g/mol. The van der Waals surface area contributed by atoms with E-state index in [-0.39, 0.29) is 33.1 Å². The molecule has 0 fully saturated rings. The summed E-state index contributed by atoms with van der Waals surface area (Å²) in [6.07, 6.45) is 0. The molecule has 0 aliphatic heterocycles. The van der Waals surface area contributed by atoms with Crippen molar-refractivity contribution in [2.75, 3.05) is 0 Å². The highest BCUT2D eigenvalue weighted by Gasteiger charge is 2.26. The number of rotatable bonds is 7. The second-order valence-corrected chi connectivity index (χ2v) is 9.26. The lowest BCUT2D eigenvalue weighted by atomic mass is 9.90. The first-order valence-electron chi connectivity index (χ1n) is 8.71. The zero-order valence-electron chi connectivity index (χ0n) is 16.1. The maximum absolute atomic E-state index is 12.3. The van der Waals surface area contributed by atoms with Gasteiger partial charge in [-0.1, -0.05) is 65.1 Å². The lowest BCUT2D eigenvalue weighted by molar-refractivity contribution is -0.118. The summed E-state index contributed by atoms with van der Waals surface area (Å²) >= 11 is 18.2. The third-order valence-corrected chi connectivity index (χ3v) is 6.70. The van der Waals surface area contributed by atoms with Gasteiger partial charge in [0.15, 0.2) is 0 Å². The van der Waals surface area contributed by atoms with Crippen LogP contribution in [-0.4, -0.2) is 24.1 Å². The maximum atomic E-state index is 12.3. The molecule has 8 nitrogen and oxygen atoms in total. The predicted molar refractivity (Wildman–Crippen MR) is 118 cm³/mol. The third-order valence-electron chi connectivity index (χ3n) is 4.49. The van der Waals surface area contributed by atoms with E-state index in [4.69, 9.17) is 50.4 Å². The summed E-state index contributed by atoms with van der Waals surface area (Å²) in [5.74, 6) is -1.65. The Labute approximate surface area is 193 Å². The fraction of sp³-hybridized carbons (Fsp3) is 0.158. The normalized spacial score (nSPS) is 12.5. The first kappa shape index (κ1) is 23.4. The predicted octanol–water partition coefficient (Wildman–Crippen LogP) is 3.22. The molecular weight excluding hydrogens is 487 g/mol. The Kier molecular flexibility index (Phi) is 6.82. The lowest BCUT2D eigenvalue weighted by Gasteiger charge is -2.18. The van der Waals surface area contributed by atoms with Crippen molar-refractivity contribution in [3.05, 3.63) is 74.4 Å². The van der Waals surface area contributed by atoms with Gasteiger partial charge in [0.25, 0.3) is 5.88 Å². The van der Waals surface area contributed by atoms with E-state index in [1.165, 1.54) is 16.8 Å². The second kappa shape index (κ2) is 9.05. The summed E-state index contributed by atoms with van der Waals surface area (Å²) in [5, 5.41) is 9.99. The average Bonchev–Trinajstić information content (AvgIpc) is 2.94. The van der Waals surface area contributed by atoms with Crippen molar-refractivity contribution in [2.45, 2.75) is 17.4 Å². The molecule has 0 aliphatic carbocycles. The van der Waals surface area contributed by atoms with Crippen LogP contribution in [0.2, 0.25) is 15.2 Å². The van der Waals surface area contributed by atoms with E-state index in [2.05, 4.69) is 5.10 Å². The number of sulfonamides is 1.